The van der Waals surface area contributed by atoms with Gasteiger partial charge in [0.2, 0.25) is 11.6 Å². The minimum atomic E-state index is -0.475. The number of hydrogen-bond acceptors (Lipinski definition) is 9. The summed E-state index contributed by atoms with van der Waals surface area (Å²) >= 11 is 0. The van der Waals surface area contributed by atoms with Crippen LogP contribution in [0, 0.1) is 12.7 Å². The number of carbonyl (C=O) groups excluding carboxylic acids is 2. The third-order valence-electron chi connectivity index (χ3n) is 5.60. The van der Waals surface area contributed by atoms with Crippen molar-refractivity contribution in [2.24, 2.45) is 0 Å². The Kier molecular flexibility index (Phi) is 5.87. The summed E-state index contributed by atoms with van der Waals surface area (Å²) in [5, 5.41) is 19.2. The first-order chi connectivity index (χ1) is 17.0. The third-order valence-corrected chi connectivity index (χ3v) is 5.60. The van der Waals surface area contributed by atoms with E-state index in [0.29, 0.717) is 30.1 Å². The van der Waals surface area contributed by atoms with Gasteiger partial charge in [-0.3, -0.25) is 9.59 Å². The lowest BCUT2D eigenvalue weighted by atomic mass is 10.1. The van der Waals surface area contributed by atoms with E-state index in [1.54, 1.807) is 25.3 Å². The summed E-state index contributed by atoms with van der Waals surface area (Å²) in [6.45, 7) is 1.84. The van der Waals surface area contributed by atoms with E-state index in [0.717, 1.165) is 23.1 Å². The van der Waals surface area contributed by atoms with Crippen molar-refractivity contribution in [3.63, 3.8) is 0 Å². The molecule has 0 saturated heterocycles. The lowest BCUT2D eigenvalue weighted by Crippen LogP contribution is -2.29. The number of rotatable bonds is 6. The second-order valence-electron chi connectivity index (χ2n) is 7.95. The van der Waals surface area contributed by atoms with Crippen LogP contribution >= 0.6 is 0 Å². The Morgan fingerprint density at radius 2 is 1.94 bits per heavy atom. The van der Waals surface area contributed by atoms with Gasteiger partial charge in [0.1, 0.15) is 23.5 Å². The van der Waals surface area contributed by atoms with E-state index >= 15 is 0 Å². The number of nitrogens with zero attached hydrogens (tertiary/aromatic N) is 7. The zero-order valence-corrected chi connectivity index (χ0v) is 18.5. The van der Waals surface area contributed by atoms with Crippen LogP contribution in [0.3, 0.4) is 0 Å². The molecule has 176 valence electrons. The quantitative estimate of drug-likeness (QED) is 0.373. The minimum Gasteiger partial charge on any atom is -0.347 e. The number of aromatic nitrogens is 8. The number of benzene rings is 1. The smallest absolute Gasteiger partial charge is 0.270 e. The van der Waals surface area contributed by atoms with Gasteiger partial charge < -0.3 is 10.6 Å². The number of aryl methyl sites for hydroxylation is 2. The van der Waals surface area contributed by atoms with Gasteiger partial charge in [-0.2, -0.15) is 5.21 Å². The van der Waals surface area contributed by atoms with E-state index in [1.165, 1.54) is 12.1 Å². The van der Waals surface area contributed by atoms with Crippen molar-refractivity contribution in [2.45, 2.75) is 32.4 Å². The summed E-state index contributed by atoms with van der Waals surface area (Å²) in [5.74, 6) is -0.587. The van der Waals surface area contributed by atoms with Crippen LogP contribution in [-0.2, 0) is 13.0 Å². The van der Waals surface area contributed by atoms with Crippen molar-refractivity contribution < 1.29 is 14.0 Å². The van der Waals surface area contributed by atoms with E-state index < -0.39 is 11.8 Å². The highest BCUT2D eigenvalue weighted by Gasteiger charge is 2.27. The van der Waals surface area contributed by atoms with Crippen LogP contribution in [0.2, 0.25) is 0 Å². The van der Waals surface area contributed by atoms with Crippen molar-refractivity contribution in [1.82, 2.24) is 51.2 Å². The molecule has 0 fully saturated rings. The van der Waals surface area contributed by atoms with E-state index in [1.807, 2.05) is 0 Å². The SMILES string of the molecule is Cc1cc(CNC(=O)c2cc(C(=O)N[C@H]3CCc4nc(-c5nn[nH]n5)ncc43)ncn2)ccc1F. The highest BCUT2D eigenvalue weighted by molar-refractivity contribution is 5.97. The molecule has 0 aliphatic heterocycles. The third kappa shape index (κ3) is 4.69. The molecule has 1 atom stereocenters. The summed E-state index contributed by atoms with van der Waals surface area (Å²) in [7, 11) is 0. The maximum atomic E-state index is 13.4. The Morgan fingerprint density at radius 3 is 2.71 bits per heavy atom. The van der Waals surface area contributed by atoms with Crippen molar-refractivity contribution in [1.29, 1.82) is 0 Å². The molecule has 2 amide bonds. The van der Waals surface area contributed by atoms with Gasteiger partial charge >= 0.3 is 0 Å². The Balaban J connectivity index is 1.24. The number of nitrogens with one attached hydrogen (secondary N) is 3. The molecule has 0 unspecified atom stereocenters. The molecule has 1 aliphatic carbocycles. The number of amides is 2. The molecular formula is C22H19FN10O2. The van der Waals surface area contributed by atoms with E-state index in [2.05, 4.69) is 51.2 Å². The molecule has 13 heteroatoms. The maximum Gasteiger partial charge on any atom is 0.270 e. The molecule has 4 aromatic rings. The number of halogens is 1. The van der Waals surface area contributed by atoms with Crippen molar-refractivity contribution >= 4 is 11.8 Å². The predicted octanol–water partition coefficient (Wildman–Crippen LogP) is 1.24. The highest BCUT2D eigenvalue weighted by atomic mass is 19.1. The van der Waals surface area contributed by atoms with Crippen molar-refractivity contribution in [2.75, 3.05) is 0 Å². The topological polar surface area (TPSA) is 164 Å². The fourth-order valence-electron chi connectivity index (χ4n) is 3.80. The molecule has 12 nitrogen and oxygen atoms in total. The fourth-order valence-corrected chi connectivity index (χ4v) is 3.80. The van der Waals surface area contributed by atoms with Gasteiger partial charge in [0, 0.05) is 30.1 Å². The molecule has 1 aliphatic rings. The van der Waals surface area contributed by atoms with E-state index in [9.17, 15) is 14.0 Å². The number of hydrogen-bond donors (Lipinski definition) is 3. The summed E-state index contributed by atoms with van der Waals surface area (Å²) in [5.41, 5.74) is 2.93. The van der Waals surface area contributed by atoms with E-state index in [4.69, 9.17) is 0 Å². The van der Waals surface area contributed by atoms with Crippen LogP contribution in [0.25, 0.3) is 11.6 Å². The first-order valence-electron chi connectivity index (χ1n) is 10.7. The molecule has 0 radical (unpaired) electrons. The standard InChI is InChI=1S/C22H19FN10O2/c1-11-6-12(2-3-14(11)23)8-25-21(34)17-7-18(27-10-26-17)22(35)29-16-5-4-15-13(16)9-24-19(28-15)20-30-32-33-31-20/h2-3,6-7,9-10,16H,4-5,8H2,1H3,(H,25,34)(H,29,35)(H,30,31,32,33)/t16-/m0/s1. The minimum absolute atomic E-state index is 0.0453. The predicted molar refractivity (Wildman–Crippen MR) is 118 cm³/mol. The van der Waals surface area contributed by atoms with Crippen LogP contribution in [0.5, 0.6) is 0 Å². The zero-order chi connectivity index (χ0) is 24.4. The summed E-state index contributed by atoms with van der Waals surface area (Å²) in [6, 6.07) is 5.62. The van der Waals surface area contributed by atoms with Gasteiger partial charge in [-0.1, -0.05) is 12.1 Å². The first kappa shape index (κ1) is 22.1. The number of tetrazole rings is 1. The summed E-state index contributed by atoms with van der Waals surface area (Å²) in [4.78, 5) is 42.1. The number of carbonyl (C=O) groups is 2. The lowest BCUT2D eigenvalue weighted by Gasteiger charge is -2.13. The molecule has 3 N–H and O–H groups in total. The second-order valence-corrected chi connectivity index (χ2v) is 7.95. The molecule has 3 heterocycles. The van der Waals surface area contributed by atoms with Gasteiger partial charge in [-0.15, -0.1) is 10.2 Å². The van der Waals surface area contributed by atoms with Crippen LogP contribution in [0.15, 0.2) is 36.8 Å². The summed E-state index contributed by atoms with van der Waals surface area (Å²) in [6.07, 6.45) is 4.09. The van der Waals surface area contributed by atoms with Crippen LogP contribution in [-0.4, -0.2) is 52.4 Å². The number of H-pyrrole nitrogens is 1. The Labute approximate surface area is 197 Å². The number of fused-ring (bicyclic) bond motifs is 1. The van der Waals surface area contributed by atoms with Gasteiger partial charge in [0.15, 0.2) is 0 Å². The van der Waals surface area contributed by atoms with Gasteiger partial charge in [-0.25, -0.2) is 24.3 Å². The van der Waals surface area contributed by atoms with Crippen LogP contribution in [0.4, 0.5) is 4.39 Å². The Hall–Kier alpha value is -4.68. The maximum absolute atomic E-state index is 13.4. The lowest BCUT2D eigenvalue weighted by molar-refractivity contribution is 0.0931. The van der Waals surface area contributed by atoms with Gasteiger partial charge in [0.05, 0.1) is 6.04 Å². The average molecular weight is 474 g/mol. The van der Waals surface area contributed by atoms with E-state index in [-0.39, 0.29) is 29.8 Å². The Bertz CT molecular complexity index is 1410. The molecular weight excluding hydrogens is 455 g/mol. The van der Waals surface area contributed by atoms with Crippen LogP contribution in [0.1, 0.15) is 55.8 Å². The first-order valence-corrected chi connectivity index (χ1v) is 10.7. The Morgan fingerprint density at radius 1 is 1.11 bits per heavy atom. The molecule has 0 spiro atoms. The highest BCUT2D eigenvalue weighted by Crippen LogP contribution is 2.30. The second kappa shape index (κ2) is 9.29. The average Bonchev–Trinajstić information content (AvgIpc) is 3.55. The normalized spacial score (nSPS) is 14.4. The molecule has 0 bridgehead atoms. The zero-order valence-electron chi connectivity index (χ0n) is 18.5. The molecule has 3 aromatic heterocycles. The monoisotopic (exact) mass is 474 g/mol. The van der Waals surface area contributed by atoms with Crippen LogP contribution < -0.4 is 10.6 Å². The molecule has 5 rings (SSSR count). The van der Waals surface area contributed by atoms with Gasteiger partial charge in [0.25, 0.3) is 11.8 Å². The largest absolute Gasteiger partial charge is 0.347 e. The summed E-state index contributed by atoms with van der Waals surface area (Å²) < 4.78 is 13.4. The number of aromatic amines is 1. The molecule has 35 heavy (non-hydrogen) atoms. The van der Waals surface area contributed by atoms with Crippen molar-refractivity contribution in [3.8, 4) is 11.6 Å². The van der Waals surface area contributed by atoms with Gasteiger partial charge in [-0.05, 0) is 42.2 Å². The van der Waals surface area contributed by atoms with Crippen molar-refractivity contribution in [3.05, 3.63) is 76.4 Å². The molecule has 0 saturated carbocycles. The molecule has 1 aromatic carbocycles. The fraction of sp³-hybridized carbons (Fsp3) is 0.227.